The fraction of sp³-hybridized carbons (Fsp3) is 0.927. The van der Waals surface area contributed by atoms with Crippen molar-refractivity contribution in [1.82, 2.24) is 0 Å². The first-order valence-corrected chi connectivity index (χ1v) is 20.8. The van der Waals surface area contributed by atoms with Crippen LogP contribution in [-0.4, -0.2) is 54.2 Å². The van der Waals surface area contributed by atoms with Gasteiger partial charge in [0.2, 0.25) is 0 Å². The third kappa shape index (κ3) is 25.0. The topological polar surface area (TPSA) is 108 Å². The van der Waals surface area contributed by atoms with Gasteiger partial charge in [-0.3, -0.25) is 14.4 Å². The van der Waals surface area contributed by atoms with E-state index in [1.165, 1.54) is 109 Å². The first-order chi connectivity index (χ1) is 23.9. The Bertz CT molecular complexity index is 802. The Morgan fingerprint density at radius 2 is 0.735 bits per heavy atom. The molecule has 0 spiro atoms. The summed E-state index contributed by atoms with van der Waals surface area (Å²) in [5.74, 6) is -1.31. The van der Waals surface area contributed by atoms with Crippen molar-refractivity contribution in [2.75, 3.05) is 6.61 Å². The predicted molar refractivity (Wildman–Crippen MR) is 197 cm³/mol. The Morgan fingerprint density at radius 1 is 0.449 bits per heavy atom. The Morgan fingerprint density at radius 3 is 1.08 bits per heavy atom. The number of unbranched alkanes of at least 4 members (excludes halogenated alkanes) is 24. The highest BCUT2D eigenvalue weighted by atomic mass is 16.7. The van der Waals surface area contributed by atoms with Crippen LogP contribution in [0.5, 0.6) is 0 Å². The largest absolute Gasteiger partial charge is 0.456 e. The fourth-order valence-electron chi connectivity index (χ4n) is 6.52. The molecule has 1 N–H and O–H groups in total. The van der Waals surface area contributed by atoms with E-state index in [1.807, 2.05) is 0 Å². The van der Waals surface area contributed by atoms with Gasteiger partial charge in [-0.15, -0.1) is 0 Å². The summed E-state index contributed by atoms with van der Waals surface area (Å²) in [5, 5.41) is 10.7. The monoisotopic (exact) mass is 697 g/mol. The number of aliphatic hydroxyl groups is 1. The zero-order valence-electron chi connectivity index (χ0n) is 32.0. The minimum atomic E-state index is -1.47. The lowest BCUT2D eigenvalue weighted by Crippen LogP contribution is -2.57. The molecule has 1 heterocycles. The van der Waals surface area contributed by atoms with E-state index in [9.17, 15) is 19.5 Å². The van der Waals surface area contributed by atoms with Crippen LogP contribution in [0.1, 0.15) is 213 Å². The standard InChI is InChI=1S/C41H76O8/c1-4-7-10-13-16-19-22-25-28-31-36(42)47-35-34-46-41(45)40(49-38(44)33-30-27-24-21-18-15-12-9-6-3)39(35)48-37(43)32-29-26-23-20-17-14-11-8-5-2/h35,39-41,45H,4-34H2,1-3H3/t35-,39-,40+,41+/m0/s1. The zero-order chi connectivity index (χ0) is 35.8. The van der Waals surface area contributed by atoms with Crippen LogP contribution in [0.25, 0.3) is 0 Å². The van der Waals surface area contributed by atoms with Gasteiger partial charge in [0.25, 0.3) is 0 Å². The van der Waals surface area contributed by atoms with Gasteiger partial charge >= 0.3 is 17.9 Å². The molecule has 8 nitrogen and oxygen atoms in total. The third-order valence-corrected chi connectivity index (χ3v) is 9.67. The molecule has 0 aromatic carbocycles. The van der Waals surface area contributed by atoms with Crippen LogP contribution >= 0.6 is 0 Å². The van der Waals surface area contributed by atoms with E-state index >= 15 is 0 Å². The lowest BCUT2D eigenvalue weighted by Gasteiger charge is -2.38. The Kier molecular flexibility index (Phi) is 29.9. The second-order valence-corrected chi connectivity index (χ2v) is 14.4. The van der Waals surface area contributed by atoms with E-state index in [0.29, 0.717) is 12.8 Å². The minimum Gasteiger partial charge on any atom is -0.456 e. The molecule has 0 unspecified atom stereocenters. The molecule has 8 heteroatoms. The van der Waals surface area contributed by atoms with Gasteiger partial charge in [0.15, 0.2) is 24.6 Å². The molecule has 1 fully saturated rings. The van der Waals surface area contributed by atoms with E-state index in [-0.39, 0.29) is 25.9 Å². The molecule has 1 aliphatic heterocycles. The number of carbonyl (C=O) groups excluding carboxylic acids is 3. The van der Waals surface area contributed by atoms with Gasteiger partial charge in [-0.2, -0.15) is 0 Å². The molecule has 1 rings (SSSR count). The highest BCUT2D eigenvalue weighted by Gasteiger charge is 2.47. The Hall–Kier alpha value is -1.67. The summed E-state index contributed by atoms with van der Waals surface area (Å²) in [6, 6.07) is 0. The maximum Gasteiger partial charge on any atom is 0.306 e. The number of hydrogen-bond donors (Lipinski definition) is 1. The van der Waals surface area contributed by atoms with E-state index in [2.05, 4.69) is 20.8 Å². The van der Waals surface area contributed by atoms with Gasteiger partial charge in [0.05, 0.1) is 6.61 Å². The lowest BCUT2D eigenvalue weighted by atomic mass is 10.0. The first-order valence-electron chi connectivity index (χ1n) is 20.8. The summed E-state index contributed by atoms with van der Waals surface area (Å²) < 4.78 is 22.7. The molecule has 1 aliphatic rings. The van der Waals surface area contributed by atoms with Crippen molar-refractivity contribution in [3.05, 3.63) is 0 Å². The number of carbonyl (C=O) groups is 3. The Labute approximate surface area is 300 Å². The molecule has 1 saturated heterocycles. The van der Waals surface area contributed by atoms with Crippen LogP contribution in [0.2, 0.25) is 0 Å². The molecule has 0 aromatic heterocycles. The van der Waals surface area contributed by atoms with Crippen molar-refractivity contribution in [1.29, 1.82) is 0 Å². The van der Waals surface area contributed by atoms with Gasteiger partial charge < -0.3 is 24.1 Å². The molecule has 0 aromatic rings. The normalized spacial score (nSPS) is 19.1. The maximum absolute atomic E-state index is 13.0. The molecule has 49 heavy (non-hydrogen) atoms. The van der Waals surface area contributed by atoms with Crippen molar-refractivity contribution in [2.24, 2.45) is 0 Å². The van der Waals surface area contributed by atoms with Crippen LogP contribution in [0.4, 0.5) is 0 Å². The molecule has 288 valence electrons. The van der Waals surface area contributed by atoms with Gasteiger partial charge in [0.1, 0.15) is 0 Å². The SMILES string of the molecule is CCCCCCCCCCCC(=O)O[C@@H]1[C@@H](OC(=O)CCCCCCCCCCC)[C@@H](OC(=O)CCCCCCCCCCC)CO[C@H]1O. The molecule has 0 saturated carbocycles. The molecule has 0 aliphatic carbocycles. The zero-order valence-corrected chi connectivity index (χ0v) is 32.0. The fourth-order valence-corrected chi connectivity index (χ4v) is 6.52. The highest BCUT2D eigenvalue weighted by Crippen LogP contribution is 2.25. The van der Waals surface area contributed by atoms with Crippen molar-refractivity contribution in [3.63, 3.8) is 0 Å². The predicted octanol–water partition coefficient (Wildman–Crippen LogP) is 10.8. The van der Waals surface area contributed by atoms with Gasteiger partial charge in [-0.25, -0.2) is 0 Å². The summed E-state index contributed by atoms with van der Waals surface area (Å²) in [6.45, 7) is 6.52. The van der Waals surface area contributed by atoms with Crippen LogP contribution in [-0.2, 0) is 33.3 Å². The van der Waals surface area contributed by atoms with Gasteiger partial charge in [0, 0.05) is 19.3 Å². The first kappa shape index (κ1) is 45.4. The van der Waals surface area contributed by atoms with Crippen LogP contribution in [0.3, 0.4) is 0 Å². The molecule has 0 amide bonds. The molecular formula is C41H76O8. The summed E-state index contributed by atoms with van der Waals surface area (Å²) >= 11 is 0. The number of hydrogen-bond acceptors (Lipinski definition) is 8. The second-order valence-electron chi connectivity index (χ2n) is 14.4. The van der Waals surface area contributed by atoms with E-state index in [4.69, 9.17) is 18.9 Å². The molecular weight excluding hydrogens is 620 g/mol. The van der Waals surface area contributed by atoms with Crippen LogP contribution in [0, 0.1) is 0 Å². The average Bonchev–Trinajstić information content (AvgIpc) is 3.08. The summed E-state index contributed by atoms with van der Waals surface area (Å²) in [5.41, 5.74) is 0. The van der Waals surface area contributed by atoms with Crippen molar-refractivity contribution >= 4 is 17.9 Å². The third-order valence-electron chi connectivity index (χ3n) is 9.67. The number of rotatable bonds is 33. The minimum absolute atomic E-state index is 0.132. The van der Waals surface area contributed by atoms with E-state index < -0.39 is 42.5 Å². The molecule has 4 atom stereocenters. The smallest absolute Gasteiger partial charge is 0.306 e. The van der Waals surface area contributed by atoms with Crippen LogP contribution in [0.15, 0.2) is 0 Å². The number of esters is 3. The summed E-state index contributed by atoms with van der Waals surface area (Å²) in [7, 11) is 0. The quantitative estimate of drug-likeness (QED) is 0.0410. The van der Waals surface area contributed by atoms with E-state index in [0.717, 1.165) is 51.4 Å². The van der Waals surface area contributed by atoms with Gasteiger partial charge in [-0.1, -0.05) is 175 Å². The number of aliphatic hydroxyl groups excluding tert-OH is 1. The lowest BCUT2D eigenvalue weighted by molar-refractivity contribution is -0.268. The van der Waals surface area contributed by atoms with Crippen molar-refractivity contribution < 1.29 is 38.4 Å². The van der Waals surface area contributed by atoms with E-state index in [1.54, 1.807) is 0 Å². The number of ether oxygens (including phenoxy) is 4. The maximum atomic E-state index is 13.0. The second kappa shape index (κ2) is 32.3. The van der Waals surface area contributed by atoms with Gasteiger partial charge in [-0.05, 0) is 19.3 Å². The van der Waals surface area contributed by atoms with Crippen molar-refractivity contribution in [3.8, 4) is 0 Å². The highest BCUT2D eigenvalue weighted by molar-refractivity contribution is 5.71. The summed E-state index contributed by atoms with van der Waals surface area (Å²) in [4.78, 5) is 38.6. The molecule has 0 bridgehead atoms. The molecule has 0 radical (unpaired) electrons. The average molecular weight is 697 g/mol. The van der Waals surface area contributed by atoms with Crippen molar-refractivity contribution in [2.45, 2.75) is 238 Å². The summed E-state index contributed by atoms with van der Waals surface area (Å²) in [6.07, 6.45) is 26.6. The van der Waals surface area contributed by atoms with Crippen LogP contribution < -0.4 is 0 Å². The Balaban J connectivity index is 2.61.